The Kier molecular flexibility index (Phi) is 6.41. The minimum atomic E-state index is -0.610. The first-order valence-electron chi connectivity index (χ1n) is 7.77. The molecule has 0 radical (unpaired) electrons. The van der Waals surface area contributed by atoms with Gasteiger partial charge in [0.2, 0.25) is 5.95 Å². The molecule has 0 bridgehead atoms. The first-order valence-corrected chi connectivity index (χ1v) is 9.38. The molecule has 2 aliphatic rings. The van der Waals surface area contributed by atoms with Crippen LogP contribution in [0.4, 0.5) is 5.95 Å². The third kappa shape index (κ3) is 3.82. The van der Waals surface area contributed by atoms with Gasteiger partial charge in [-0.05, 0) is 56.4 Å². The molecule has 1 aromatic rings. The number of anilines is 1. The summed E-state index contributed by atoms with van der Waals surface area (Å²) < 4.78 is 10.5. The summed E-state index contributed by atoms with van der Waals surface area (Å²) in [7, 11) is 3.22. The molecule has 9 heteroatoms. The van der Waals surface area contributed by atoms with Gasteiger partial charge in [0.05, 0.1) is 0 Å². The van der Waals surface area contributed by atoms with Gasteiger partial charge in [-0.2, -0.15) is 9.97 Å². The highest BCUT2D eigenvalue weighted by Crippen LogP contribution is 2.42. The fourth-order valence-electron chi connectivity index (χ4n) is 2.66. The highest BCUT2D eigenvalue weighted by Gasteiger charge is 2.43. The number of hydrogen-bond acceptors (Lipinski definition) is 8. The molecule has 24 heavy (non-hydrogen) atoms. The summed E-state index contributed by atoms with van der Waals surface area (Å²) in [5.41, 5.74) is 4.71. The first-order chi connectivity index (χ1) is 11.4. The Morgan fingerprint density at radius 1 is 1.12 bits per heavy atom. The van der Waals surface area contributed by atoms with Gasteiger partial charge in [-0.25, -0.2) is 4.98 Å². The maximum absolute atomic E-state index is 10.6. The maximum Gasteiger partial charge on any atom is 0.253 e. The third-order valence-electron chi connectivity index (χ3n) is 4.68. The molecule has 0 aromatic carbocycles. The largest absolute Gasteiger partial charge is 0.370 e. The molecule has 2 fully saturated rings. The molecule has 3 rings (SSSR count). The van der Waals surface area contributed by atoms with Crippen LogP contribution in [-0.2, 0) is 19.9 Å². The van der Waals surface area contributed by atoms with E-state index in [9.17, 15) is 4.79 Å². The predicted molar refractivity (Wildman–Crippen MR) is 93.0 cm³/mol. The molecule has 0 aliphatic heterocycles. The Morgan fingerprint density at radius 3 is 2.04 bits per heavy atom. The maximum atomic E-state index is 10.6. The van der Waals surface area contributed by atoms with Crippen molar-refractivity contribution in [3.63, 3.8) is 0 Å². The fourth-order valence-corrected chi connectivity index (χ4v) is 3.29. The van der Waals surface area contributed by atoms with Gasteiger partial charge in [-0.15, -0.1) is 0 Å². The summed E-state index contributed by atoms with van der Waals surface area (Å²) in [5, 5.41) is 0.303. The van der Waals surface area contributed by atoms with Gasteiger partial charge in [0, 0.05) is 14.2 Å². The Bertz CT molecular complexity index is 583. The van der Waals surface area contributed by atoms with E-state index >= 15 is 0 Å². The van der Waals surface area contributed by atoms with E-state index in [2.05, 4.69) is 15.0 Å². The second kappa shape index (κ2) is 7.95. The molecular formula is C15H23ClN4O3S. The number of carbonyl (C=O) groups excluding carboxylic acids is 1. The smallest absolute Gasteiger partial charge is 0.253 e. The van der Waals surface area contributed by atoms with E-state index in [-0.39, 0.29) is 16.8 Å². The van der Waals surface area contributed by atoms with Crippen molar-refractivity contribution in [1.29, 1.82) is 0 Å². The summed E-state index contributed by atoms with van der Waals surface area (Å²) in [6.07, 6.45) is 7.60. The Labute approximate surface area is 151 Å². The van der Waals surface area contributed by atoms with E-state index in [0.29, 0.717) is 11.0 Å². The van der Waals surface area contributed by atoms with E-state index in [1.807, 2.05) is 6.26 Å². The van der Waals surface area contributed by atoms with Crippen LogP contribution >= 0.6 is 23.4 Å². The van der Waals surface area contributed by atoms with Crippen LogP contribution in [0.15, 0.2) is 5.16 Å². The number of halogens is 1. The molecule has 2 saturated carbocycles. The van der Waals surface area contributed by atoms with Gasteiger partial charge < -0.3 is 15.2 Å². The molecule has 134 valence electrons. The molecule has 7 nitrogen and oxygen atoms in total. The van der Waals surface area contributed by atoms with E-state index < -0.39 is 5.60 Å². The summed E-state index contributed by atoms with van der Waals surface area (Å²) in [5.74, 6) is 0.945. The van der Waals surface area contributed by atoms with Crippen molar-refractivity contribution in [2.24, 2.45) is 0 Å². The average molecular weight is 375 g/mol. The van der Waals surface area contributed by atoms with E-state index in [1.165, 1.54) is 18.9 Å². The fraction of sp³-hybridized carbons (Fsp3) is 0.733. The van der Waals surface area contributed by atoms with Crippen LogP contribution in [-0.4, -0.2) is 46.3 Å². The third-order valence-corrected chi connectivity index (χ3v) is 5.58. The van der Waals surface area contributed by atoms with E-state index in [1.54, 1.807) is 7.11 Å². The SMILES string of the molecule is COC1(C(=O)Cl)CCC1.COC1(c2nc(N)nc(SC)n2)CCC1. The predicted octanol–water partition coefficient (Wildman–Crippen LogP) is 2.52. The molecule has 1 heterocycles. The number of nitrogens with zero attached hydrogens (tertiary/aromatic N) is 3. The van der Waals surface area contributed by atoms with E-state index in [0.717, 1.165) is 38.5 Å². The van der Waals surface area contributed by atoms with Crippen LogP contribution in [0, 0.1) is 0 Å². The van der Waals surface area contributed by atoms with Crippen LogP contribution in [0.1, 0.15) is 44.3 Å². The van der Waals surface area contributed by atoms with Crippen LogP contribution in [0.3, 0.4) is 0 Å². The number of aromatic nitrogens is 3. The number of methoxy groups -OCH3 is 2. The van der Waals surface area contributed by atoms with Gasteiger partial charge in [-0.1, -0.05) is 11.8 Å². The molecule has 0 atom stereocenters. The van der Waals surface area contributed by atoms with Crippen molar-refractivity contribution < 1.29 is 14.3 Å². The van der Waals surface area contributed by atoms with Crippen molar-refractivity contribution in [2.75, 3.05) is 26.2 Å². The lowest BCUT2D eigenvalue weighted by molar-refractivity contribution is -0.142. The second-order valence-electron chi connectivity index (χ2n) is 5.88. The molecular weight excluding hydrogens is 352 g/mol. The number of rotatable bonds is 5. The zero-order valence-corrected chi connectivity index (χ0v) is 15.7. The monoisotopic (exact) mass is 374 g/mol. The average Bonchev–Trinajstić information content (AvgIpc) is 2.46. The highest BCUT2D eigenvalue weighted by atomic mass is 35.5. The van der Waals surface area contributed by atoms with Crippen molar-refractivity contribution in [2.45, 2.75) is 54.9 Å². The lowest BCUT2D eigenvalue weighted by Gasteiger charge is -2.38. The minimum absolute atomic E-state index is 0.271. The lowest BCUT2D eigenvalue weighted by atomic mass is 9.79. The number of ether oxygens (including phenoxy) is 2. The molecule has 0 saturated heterocycles. The number of nitrogen functional groups attached to an aromatic ring is 1. The van der Waals surface area contributed by atoms with Crippen molar-refractivity contribution >= 4 is 34.6 Å². The molecule has 0 amide bonds. The summed E-state index contributed by atoms with van der Waals surface area (Å²) in [4.78, 5) is 23.2. The Hall–Kier alpha value is -0.960. The summed E-state index contributed by atoms with van der Waals surface area (Å²) in [6, 6.07) is 0. The van der Waals surface area contributed by atoms with Crippen molar-refractivity contribution in [3.8, 4) is 0 Å². The van der Waals surface area contributed by atoms with Crippen LogP contribution in [0.25, 0.3) is 0 Å². The normalized spacial score (nSPS) is 20.2. The van der Waals surface area contributed by atoms with Crippen LogP contribution in [0.2, 0.25) is 0 Å². The molecule has 0 unspecified atom stereocenters. The summed E-state index contributed by atoms with van der Waals surface area (Å²) in [6.45, 7) is 0. The Balaban J connectivity index is 0.000000198. The summed E-state index contributed by atoms with van der Waals surface area (Å²) >= 11 is 6.73. The molecule has 1 aromatic heterocycles. The number of nitrogens with two attached hydrogens (primary N) is 1. The topological polar surface area (TPSA) is 100 Å². The Morgan fingerprint density at radius 2 is 1.75 bits per heavy atom. The zero-order valence-electron chi connectivity index (χ0n) is 14.2. The van der Waals surface area contributed by atoms with Gasteiger partial charge in [-0.3, -0.25) is 4.79 Å². The quantitative estimate of drug-likeness (QED) is 0.619. The number of hydrogen-bond donors (Lipinski definition) is 1. The molecule has 0 spiro atoms. The molecule has 2 aliphatic carbocycles. The van der Waals surface area contributed by atoms with Gasteiger partial charge >= 0.3 is 0 Å². The zero-order chi connectivity index (χ0) is 17.8. The standard InChI is InChI=1S/C9H14N4OS.C6H9ClO2/c1-14-9(4-3-5-9)6-11-7(10)13-8(12-6)15-2;1-9-6(5(7)8)3-2-4-6/h3-5H2,1-2H3,(H2,10,11,12,13);2-4H2,1H3. The lowest BCUT2D eigenvalue weighted by Crippen LogP contribution is -2.44. The van der Waals surface area contributed by atoms with Crippen molar-refractivity contribution in [3.05, 3.63) is 5.82 Å². The minimum Gasteiger partial charge on any atom is -0.370 e. The van der Waals surface area contributed by atoms with Crippen LogP contribution < -0.4 is 5.73 Å². The second-order valence-corrected chi connectivity index (χ2v) is 7.00. The number of thioether (sulfide) groups is 1. The van der Waals surface area contributed by atoms with Gasteiger partial charge in [0.1, 0.15) is 11.2 Å². The van der Waals surface area contributed by atoms with Gasteiger partial charge in [0.15, 0.2) is 11.0 Å². The van der Waals surface area contributed by atoms with E-state index in [4.69, 9.17) is 26.8 Å². The first kappa shape index (κ1) is 19.4. The van der Waals surface area contributed by atoms with Gasteiger partial charge in [0.25, 0.3) is 5.24 Å². The highest BCUT2D eigenvalue weighted by molar-refractivity contribution is 7.98. The number of carbonyl (C=O) groups is 1. The van der Waals surface area contributed by atoms with Crippen LogP contribution in [0.5, 0.6) is 0 Å². The molecule has 2 N–H and O–H groups in total. The van der Waals surface area contributed by atoms with Crippen molar-refractivity contribution in [1.82, 2.24) is 15.0 Å².